The Hall–Kier alpha value is -3.00. The van der Waals surface area contributed by atoms with Crippen molar-refractivity contribution in [2.24, 2.45) is 0 Å². The maximum Gasteiger partial charge on any atom is 0.254 e. The summed E-state index contributed by atoms with van der Waals surface area (Å²) in [6.07, 6.45) is 0. The number of hydrogen-bond acceptors (Lipinski definition) is 4. The molecule has 0 atom stereocenters. The van der Waals surface area contributed by atoms with Gasteiger partial charge in [0.15, 0.2) is 0 Å². The molecule has 124 valence electrons. The molecule has 0 aromatic heterocycles. The van der Waals surface area contributed by atoms with Gasteiger partial charge in [0, 0.05) is 24.7 Å². The van der Waals surface area contributed by atoms with E-state index < -0.39 is 0 Å². The first kappa shape index (κ1) is 17.4. The van der Waals surface area contributed by atoms with Crippen LogP contribution in [-0.2, 0) is 6.54 Å². The molecule has 0 saturated carbocycles. The highest BCUT2D eigenvalue weighted by atomic mass is 16.5. The summed E-state index contributed by atoms with van der Waals surface area (Å²) < 4.78 is 10.6. The lowest BCUT2D eigenvalue weighted by Crippen LogP contribution is -2.26. The molecular formula is C19H20N2O3. The minimum Gasteiger partial charge on any atom is -0.496 e. The van der Waals surface area contributed by atoms with Gasteiger partial charge in [-0.05, 0) is 36.8 Å². The number of amides is 1. The van der Waals surface area contributed by atoms with E-state index >= 15 is 0 Å². The number of rotatable bonds is 5. The van der Waals surface area contributed by atoms with Crippen molar-refractivity contribution in [2.75, 3.05) is 21.3 Å². The lowest BCUT2D eigenvalue weighted by Gasteiger charge is -2.19. The summed E-state index contributed by atoms with van der Waals surface area (Å²) in [7, 11) is 4.87. The first-order chi connectivity index (χ1) is 11.5. The molecule has 1 amide bonds. The molecule has 2 aromatic rings. The third kappa shape index (κ3) is 3.66. The average molecular weight is 324 g/mol. The van der Waals surface area contributed by atoms with E-state index in [0.717, 1.165) is 11.1 Å². The van der Waals surface area contributed by atoms with Crippen LogP contribution >= 0.6 is 0 Å². The van der Waals surface area contributed by atoms with Gasteiger partial charge < -0.3 is 14.4 Å². The first-order valence-electron chi connectivity index (χ1n) is 7.47. The van der Waals surface area contributed by atoms with Crippen molar-refractivity contribution in [3.63, 3.8) is 0 Å². The van der Waals surface area contributed by atoms with Gasteiger partial charge in [0.2, 0.25) is 0 Å². The Balaban J connectivity index is 2.22. The van der Waals surface area contributed by atoms with E-state index in [-0.39, 0.29) is 5.91 Å². The predicted octanol–water partition coefficient (Wildman–Crippen LogP) is 3.16. The summed E-state index contributed by atoms with van der Waals surface area (Å²) in [6.45, 7) is 2.33. The summed E-state index contributed by atoms with van der Waals surface area (Å²) in [6, 6.07) is 12.7. The van der Waals surface area contributed by atoms with Crippen LogP contribution in [0.5, 0.6) is 11.5 Å². The molecule has 2 aromatic carbocycles. The Morgan fingerprint density at radius 1 is 1.12 bits per heavy atom. The second-order valence-corrected chi connectivity index (χ2v) is 5.48. The van der Waals surface area contributed by atoms with Crippen molar-refractivity contribution >= 4 is 5.91 Å². The number of nitriles is 1. The maximum atomic E-state index is 12.7. The molecule has 0 radical (unpaired) electrons. The normalized spacial score (nSPS) is 9.96. The third-order valence-electron chi connectivity index (χ3n) is 3.85. The molecule has 0 fully saturated rings. The molecule has 24 heavy (non-hydrogen) atoms. The largest absolute Gasteiger partial charge is 0.496 e. The molecule has 0 bridgehead atoms. The van der Waals surface area contributed by atoms with Gasteiger partial charge in [-0.15, -0.1) is 0 Å². The minimum absolute atomic E-state index is 0.129. The van der Waals surface area contributed by atoms with Crippen LogP contribution in [0.3, 0.4) is 0 Å². The molecule has 5 heteroatoms. The van der Waals surface area contributed by atoms with Crippen molar-refractivity contribution in [2.45, 2.75) is 13.5 Å². The zero-order chi connectivity index (χ0) is 17.7. The van der Waals surface area contributed by atoms with Gasteiger partial charge in [0.05, 0.1) is 25.9 Å². The number of nitrogens with zero attached hydrogens (tertiary/aromatic N) is 2. The van der Waals surface area contributed by atoms with Gasteiger partial charge in [-0.25, -0.2) is 0 Å². The van der Waals surface area contributed by atoms with Gasteiger partial charge in [0.25, 0.3) is 5.91 Å². The van der Waals surface area contributed by atoms with Crippen molar-refractivity contribution in [3.8, 4) is 17.6 Å². The van der Waals surface area contributed by atoms with Crippen LogP contribution in [0, 0.1) is 18.3 Å². The van der Waals surface area contributed by atoms with E-state index in [9.17, 15) is 4.79 Å². The molecule has 0 spiro atoms. The van der Waals surface area contributed by atoms with Crippen LogP contribution in [0.4, 0.5) is 0 Å². The van der Waals surface area contributed by atoms with Crippen LogP contribution in [0.25, 0.3) is 0 Å². The molecule has 0 saturated heterocycles. The van der Waals surface area contributed by atoms with Crippen molar-refractivity contribution < 1.29 is 14.3 Å². The first-order valence-corrected chi connectivity index (χ1v) is 7.47. The topological polar surface area (TPSA) is 62.6 Å². The smallest absolute Gasteiger partial charge is 0.254 e. The van der Waals surface area contributed by atoms with E-state index in [1.807, 2.05) is 19.1 Å². The van der Waals surface area contributed by atoms with Crippen molar-refractivity contribution in [1.29, 1.82) is 5.26 Å². The van der Waals surface area contributed by atoms with E-state index in [0.29, 0.717) is 29.2 Å². The fraction of sp³-hybridized carbons (Fsp3) is 0.263. The van der Waals surface area contributed by atoms with Crippen LogP contribution in [-0.4, -0.2) is 32.1 Å². The van der Waals surface area contributed by atoms with Gasteiger partial charge in [-0.1, -0.05) is 12.1 Å². The summed E-state index contributed by atoms with van der Waals surface area (Å²) in [4.78, 5) is 14.3. The Labute approximate surface area is 142 Å². The van der Waals surface area contributed by atoms with Crippen LogP contribution < -0.4 is 9.47 Å². The standard InChI is InChI=1S/C19H20N2O3/c1-13-17(23-3)9-16(10-18(13)24-4)19(22)21(2)12-15-7-5-14(11-20)6-8-15/h5-10H,12H2,1-4H3. The second-order valence-electron chi connectivity index (χ2n) is 5.48. The molecule has 0 aliphatic heterocycles. The van der Waals surface area contributed by atoms with Crippen LogP contribution in [0.2, 0.25) is 0 Å². The zero-order valence-electron chi connectivity index (χ0n) is 14.3. The highest BCUT2D eigenvalue weighted by molar-refractivity contribution is 5.95. The van der Waals surface area contributed by atoms with Gasteiger partial charge in [-0.3, -0.25) is 4.79 Å². The second kappa shape index (κ2) is 7.51. The molecular weight excluding hydrogens is 304 g/mol. The number of ether oxygens (including phenoxy) is 2. The Morgan fingerprint density at radius 2 is 1.67 bits per heavy atom. The number of benzene rings is 2. The van der Waals surface area contributed by atoms with Gasteiger partial charge >= 0.3 is 0 Å². The summed E-state index contributed by atoms with van der Waals surface area (Å²) in [5, 5.41) is 8.83. The molecule has 2 rings (SSSR count). The lowest BCUT2D eigenvalue weighted by atomic mass is 10.1. The summed E-state index contributed by atoms with van der Waals surface area (Å²) in [5.41, 5.74) is 2.91. The Morgan fingerprint density at radius 3 is 2.12 bits per heavy atom. The van der Waals surface area contributed by atoms with E-state index in [1.165, 1.54) is 0 Å². The summed E-state index contributed by atoms with van der Waals surface area (Å²) >= 11 is 0. The van der Waals surface area contributed by atoms with Gasteiger partial charge in [-0.2, -0.15) is 5.26 Å². The highest BCUT2D eigenvalue weighted by Gasteiger charge is 2.17. The van der Waals surface area contributed by atoms with E-state index in [4.69, 9.17) is 14.7 Å². The average Bonchev–Trinajstić information content (AvgIpc) is 2.61. The molecule has 0 heterocycles. The van der Waals surface area contributed by atoms with Crippen LogP contribution in [0.1, 0.15) is 27.0 Å². The number of methoxy groups -OCH3 is 2. The fourth-order valence-corrected chi connectivity index (χ4v) is 2.46. The van der Waals surface area contributed by atoms with Crippen molar-refractivity contribution in [1.82, 2.24) is 4.90 Å². The quantitative estimate of drug-likeness (QED) is 0.847. The molecule has 0 aliphatic rings. The van der Waals surface area contributed by atoms with Crippen LogP contribution in [0.15, 0.2) is 36.4 Å². The maximum absolute atomic E-state index is 12.7. The molecule has 0 N–H and O–H groups in total. The monoisotopic (exact) mass is 324 g/mol. The molecule has 0 unspecified atom stereocenters. The minimum atomic E-state index is -0.129. The fourth-order valence-electron chi connectivity index (χ4n) is 2.46. The number of carbonyl (C=O) groups is 1. The number of hydrogen-bond donors (Lipinski definition) is 0. The van der Waals surface area contributed by atoms with Crippen molar-refractivity contribution in [3.05, 3.63) is 58.7 Å². The predicted molar refractivity (Wildman–Crippen MR) is 91.2 cm³/mol. The molecule has 5 nitrogen and oxygen atoms in total. The number of carbonyl (C=O) groups excluding carboxylic acids is 1. The van der Waals surface area contributed by atoms with E-state index in [1.54, 1.807) is 50.4 Å². The van der Waals surface area contributed by atoms with Gasteiger partial charge in [0.1, 0.15) is 11.5 Å². The molecule has 0 aliphatic carbocycles. The SMILES string of the molecule is COc1cc(C(=O)N(C)Cc2ccc(C#N)cc2)cc(OC)c1C. The van der Waals surface area contributed by atoms with E-state index in [2.05, 4.69) is 6.07 Å². The lowest BCUT2D eigenvalue weighted by molar-refractivity contribution is 0.0784. The summed E-state index contributed by atoms with van der Waals surface area (Å²) in [5.74, 6) is 1.10. The Kier molecular flexibility index (Phi) is 5.43. The zero-order valence-corrected chi connectivity index (χ0v) is 14.3. The third-order valence-corrected chi connectivity index (χ3v) is 3.85. The highest BCUT2D eigenvalue weighted by Crippen LogP contribution is 2.30. The Bertz CT molecular complexity index is 751.